The van der Waals surface area contributed by atoms with Crippen LogP contribution in [-0.2, 0) is 0 Å². The van der Waals surface area contributed by atoms with Crippen molar-refractivity contribution in [2.75, 3.05) is 5.73 Å². The molecule has 0 fully saturated rings. The van der Waals surface area contributed by atoms with E-state index in [1.54, 1.807) is 0 Å². The average Bonchev–Trinajstić information content (AvgIpc) is 2.77. The van der Waals surface area contributed by atoms with Crippen molar-refractivity contribution < 1.29 is 9.85 Å². The number of nitrogens with zero attached hydrogens (tertiary/aromatic N) is 4. The molecule has 0 atom stereocenters. The van der Waals surface area contributed by atoms with Gasteiger partial charge in [-0.25, -0.2) is 4.68 Å². The Bertz CT molecular complexity index is 636. The minimum absolute atomic E-state index is 0.0318. The Morgan fingerprint density at radius 3 is 2.44 bits per heavy atom. The van der Waals surface area contributed by atoms with Crippen molar-refractivity contribution in [2.45, 2.75) is 0 Å². The van der Waals surface area contributed by atoms with Gasteiger partial charge in [0, 0.05) is 6.07 Å². The minimum atomic E-state index is -0.606. The van der Waals surface area contributed by atoms with E-state index in [1.807, 2.05) is 0 Å². The van der Waals surface area contributed by atoms with Crippen LogP contribution in [0.15, 0.2) is 30.6 Å². The molecule has 0 aliphatic carbocycles. The van der Waals surface area contributed by atoms with E-state index in [4.69, 9.17) is 5.73 Å². The van der Waals surface area contributed by atoms with E-state index in [-0.39, 0.29) is 17.1 Å². The van der Waals surface area contributed by atoms with Gasteiger partial charge in [0.2, 0.25) is 0 Å². The van der Waals surface area contributed by atoms with E-state index in [2.05, 4.69) is 5.10 Å². The Kier molecular flexibility index (Phi) is 2.64. The Labute approximate surface area is 99.7 Å². The van der Waals surface area contributed by atoms with Crippen LogP contribution in [0.25, 0.3) is 5.69 Å². The van der Waals surface area contributed by atoms with E-state index in [0.29, 0.717) is 5.69 Å². The largest absolute Gasteiger partial charge is 0.393 e. The van der Waals surface area contributed by atoms with Crippen LogP contribution in [0.1, 0.15) is 0 Å². The lowest BCUT2D eigenvalue weighted by molar-refractivity contribution is -0.384. The summed E-state index contributed by atoms with van der Waals surface area (Å²) in [6.07, 6.45) is 2.28. The third-order valence-electron chi connectivity index (χ3n) is 2.25. The average molecular weight is 249 g/mol. The summed E-state index contributed by atoms with van der Waals surface area (Å²) in [7, 11) is 0. The first-order valence-corrected chi connectivity index (χ1v) is 4.72. The summed E-state index contributed by atoms with van der Waals surface area (Å²) >= 11 is 0. The second-order valence-electron chi connectivity index (χ2n) is 3.40. The third kappa shape index (κ3) is 1.96. The number of aromatic nitrogens is 2. The normalized spacial score (nSPS) is 10.2. The molecule has 9 heteroatoms. The van der Waals surface area contributed by atoms with Crippen molar-refractivity contribution in [2.24, 2.45) is 0 Å². The van der Waals surface area contributed by atoms with Gasteiger partial charge in [-0.1, -0.05) is 0 Å². The highest BCUT2D eigenvalue weighted by Gasteiger charge is 2.14. The van der Waals surface area contributed by atoms with Crippen LogP contribution in [-0.4, -0.2) is 19.6 Å². The lowest BCUT2D eigenvalue weighted by Crippen LogP contribution is -1.99. The smallest absolute Gasteiger partial charge is 0.307 e. The number of benzene rings is 1. The molecular formula is C9H7N5O4. The molecule has 2 aromatic rings. The fourth-order valence-electron chi connectivity index (χ4n) is 1.40. The second-order valence-corrected chi connectivity index (χ2v) is 3.40. The van der Waals surface area contributed by atoms with Gasteiger partial charge in [0.1, 0.15) is 18.1 Å². The number of nitro groups is 2. The SMILES string of the molecule is Nc1cc(-n2cc([N+](=O)[O-])cn2)ccc1[N+](=O)[O-]. The first-order valence-electron chi connectivity index (χ1n) is 4.72. The van der Waals surface area contributed by atoms with Gasteiger partial charge in [-0.05, 0) is 12.1 Å². The summed E-state index contributed by atoms with van der Waals surface area (Å²) < 4.78 is 1.22. The van der Waals surface area contributed by atoms with E-state index >= 15 is 0 Å². The summed E-state index contributed by atoms with van der Waals surface area (Å²) in [5.74, 6) is 0. The highest BCUT2D eigenvalue weighted by molar-refractivity contribution is 5.62. The standard InChI is InChI=1S/C9H7N5O4/c10-8-3-6(1-2-9(8)14(17)18)12-5-7(4-11-12)13(15)16/h1-5H,10H2. The van der Waals surface area contributed by atoms with Crippen molar-refractivity contribution in [3.05, 3.63) is 50.8 Å². The van der Waals surface area contributed by atoms with Gasteiger partial charge in [-0.15, -0.1) is 0 Å². The zero-order valence-corrected chi connectivity index (χ0v) is 8.89. The zero-order valence-electron chi connectivity index (χ0n) is 8.89. The van der Waals surface area contributed by atoms with Crippen molar-refractivity contribution in [1.29, 1.82) is 0 Å². The van der Waals surface area contributed by atoms with E-state index in [1.165, 1.54) is 29.1 Å². The third-order valence-corrected chi connectivity index (χ3v) is 2.25. The van der Waals surface area contributed by atoms with E-state index in [9.17, 15) is 20.2 Å². The maximum atomic E-state index is 10.6. The van der Waals surface area contributed by atoms with E-state index < -0.39 is 9.85 Å². The molecule has 1 aromatic heterocycles. The van der Waals surface area contributed by atoms with Crippen LogP contribution in [0, 0.1) is 20.2 Å². The van der Waals surface area contributed by atoms with Crippen LogP contribution in [0.3, 0.4) is 0 Å². The maximum absolute atomic E-state index is 10.6. The van der Waals surface area contributed by atoms with Crippen LogP contribution in [0.4, 0.5) is 17.1 Å². The highest BCUT2D eigenvalue weighted by atomic mass is 16.6. The van der Waals surface area contributed by atoms with Gasteiger partial charge in [0.25, 0.3) is 5.69 Å². The van der Waals surface area contributed by atoms with Gasteiger partial charge in [-0.3, -0.25) is 20.2 Å². The molecule has 0 bridgehead atoms. The monoisotopic (exact) mass is 249 g/mol. The molecule has 0 saturated carbocycles. The molecule has 0 aliphatic rings. The van der Waals surface area contributed by atoms with Gasteiger partial charge in [-0.2, -0.15) is 5.10 Å². The van der Waals surface area contributed by atoms with Gasteiger partial charge >= 0.3 is 5.69 Å². The summed E-state index contributed by atoms with van der Waals surface area (Å²) in [5.41, 5.74) is 5.49. The Morgan fingerprint density at radius 1 is 1.22 bits per heavy atom. The lowest BCUT2D eigenvalue weighted by Gasteiger charge is -2.02. The number of nitrogens with two attached hydrogens (primary N) is 1. The Balaban J connectivity index is 2.42. The summed E-state index contributed by atoms with van der Waals surface area (Å²) in [6.45, 7) is 0. The molecule has 0 spiro atoms. The summed E-state index contributed by atoms with van der Waals surface area (Å²) in [6, 6.07) is 3.96. The predicted octanol–water partition coefficient (Wildman–Crippen LogP) is 1.27. The minimum Gasteiger partial charge on any atom is -0.393 e. The Morgan fingerprint density at radius 2 is 1.94 bits per heavy atom. The van der Waals surface area contributed by atoms with E-state index in [0.717, 1.165) is 6.20 Å². The fourth-order valence-corrected chi connectivity index (χ4v) is 1.40. The molecule has 0 unspecified atom stereocenters. The van der Waals surface area contributed by atoms with Gasteiger partial charge in [0.05, 0.1) is 15.5 Å². The van der Waals surface area contributed by atoms with Crippen molar-refractivity contribution in [3.63, 3.8) is 0 Å². The van der Waals surface area contributed by atoms with Crippen molar-refractivity contribution in [3.8, 4) is 5.69 Å². The second kappa shape index (κ2) is 4.13. The molecule has 0 aliphatic heterocycles. The number of rotatable bonds is 3. The molecule has 1 aromatic carbocycles. The summed E-state index contributed by atoms with van der Waals surface area (Å²) in [5, 5.41) is 24.8. The highest BCUT2D eigenvalue weighted by Crippen LogP contribution is 2.24. The molecule has 18 heavy (non-hydrogen) atoms. The Hall–Kier alpha value is -2.97. The molecule has 1 heterocycles. The molecule has 2 N–H and O–H groups in total. The van der Waals surface area contributed by atoms with Crippen LogP contribution in [0.2, 0.25) is 0 Å². The van der Waals surface area contributed by atoms with Crippen molar-refractivity contribution >= 4 is 17.1 Å². The number of nitro benzene ring substituents is 1. The van der Waals surface area contributed by atoms with Gasteiger partial charge in [0.15, 0.2) is 0 Å². The lowest BCUT2D eigenvalue weighted by atomic mass is 10.2. The maximum Gasteiger partial charge on any atom is 0.307 e. The first kappa shape index (κ1) is 11.5. The summed E-state index contributed by atoms with van der Waals surface area (Å²) in [4.78, 5) is 19.9. The quantitative estimate of drug-likeness (QED) is 0.495. The molecule has 0 amide bonds. The van der Waals surface area contributed by atoms with Crippen LogP contribution < -0.4 is 5.73 Å². The molecule has 0 saturated heterocycles. The first-order chi connectivity index (χ1) is 8.49. The van der Waals surface area contributed by atoms with Gasteiger partial charge < -0.3 is 5.73 Å². The predicted molar refractivity (Wildman–Crippen MR) is 61.3 cm³/mol. The van der Waals surface area contributed by atoms with Crippen molar-refractivity contribution in [1.82, 2.24) is 9.78 Å². The number of nitrogen functional groups attached to an aromatic ring is 1. The molecular weight excluding hydrogens is 242 g/mol. The van der Waals surface area contributed by atoms with Crippen LogP contribution >= 0.6 is 0 Å². The topological polar surface area (TPSA) is 130 Å². The zero-order chi connectivity index (χ0) is 13.3. The number of hydrogen-bond acceptors (Lipinski definition) is 6. The van der Waals surface area contributed by atoms with Crippen LogP contribution in [0.5, 0.6) is 0 Å². The molecule has 2 rings (SSSR count). The molecule has 0 radical (unpaired) electrons. The molecule has 92 valence electrons. The fraction of sp³-hybridized carbons (Fsp3) is 0. The number of anilines is 1. The molecule has 9 nitrogen and oxygen atoms in total. The number of hydrogen-bond donors (Lipinski definition) is 1.